The maximum atomic E-state index is 13.4. The summed E-state index contributed by atoms with van der Waals surface area (Å²) < 4.78 is 0. The predicted molar refractivity (Wildman–Crippen MR) is 137 cm³/mol. The molecule has 2 aromatic heterocycles. The lowest BCUT2D eigenvalue weighted by Crippen LogP contribution is -2.52. The number of hydrogen-bond donors (Lipinski definition) is 0. The summed E-state index contributed by atoms with van der Waals surface area (Å²) in [5.41, 5.74) is 2.39. The number of aryl methyl sites for hydroxylation is 2. The van der Waals surface area contributed by atoms with Crippen LogP contribution in [0.15, 0.2) is 30.6 Å². The van der Waals surface area contributed by atoms with Crippen LogP contribution in [0.1, 0.15) is 30.2 Å². The molecule has 0 spiro atoms. The van der Waals surface area contributed by atoms with Gasteiger partial charge in [-0.05, 0) is 49.9 Å². The zero-order valence-electron chi connectivity index (χ0n) is 19.3. The second-order valence-electron chi connectivity index (χ2n) is 9.01. The zero-order chi connectivity index (χ0) is 22.9. The maximum Gasteiger partial charge on any atom is 0.227 e. The first-order valence-electron chi connectivity index (χ1n) is 11.8. The molecule has 1 amide bonds. The third kappa shape index (κ3) is 4.53. The van der Waals surface area contributed by atoms with Gasteiger partial charge in [0.1, 0.15) is 17.0 Å². The molecule has 4 heterocycles. The molecule has 1 atom stereocenters. The lowest BCUT2D eigenvalue weighted by atomic mass is 9.96. The summed E-state index contributed by atoms with van der Waals surface area (Å²) >= 11 is 7.96. The summed E-state index contributed by atoms with van der Waals surface area (Å²) in [4.78, 5) is 31.6. The highest BCUT2D eigenvalue weighted by atomic mass is 35.5. The van der Waals surface area contributed by atoms with Gasteiger partial charge in [-0.25, -0.2) is 9.97 Å². The van der Waals surface area contributed by atoms with Gasteiger partial charge in [-0.2, -0.15) is 0 Å². The SMILES string of the molecule is CCc1cc2c(N3CCC[C@H](C(=O)N4CCN(c5cc(Cl)ccc5C)CC4)C3)ncnc2s1. The first kappa shape index (κ1) is 22.4. The second kappa shape index (κ2) is 9.47. The van der Waals surface area contributed by atoms with E-state index in [4.69, 9.17) is 11.6 Å². The number of anilines is 2. The van der Waals surface area contributed by atoms with Gasteiger partial charge in [-0.15, -0.1) is 11.3 Å². The molecule has 0 aliphatic carbocycles. The minimum Gasteiger partial charge on any atom is -0.368 e. The lowest BCUT2D eigenvalue weighted by Gasteiger charge is -2.40. The third-order valence-corrected chi connectivity index (χ3v) is 8.30. The molecule has 2 fully saturated rings. The topological polar surface area (TPSA) is 52.6 Å². The number of benzene rings is 1. The molecule has 8 heteroatoms. The number of rotatable bonds is 4. The van der Waals surface area contributed by atoms with E-state index in [2.05, 4.69) is 50.6 Å². The molecular weight excluding hydrogens is 454 g/mol. The van der Waals surface area contributed by atoms with E-state index in [9.17, 15) is 4.79 Å². The Balaban J connectivity index is 1.26. The standard InChI is InChI=1S/C25H30ClN5OS/c1-3-20-14-21-23(27-16-28-24(21)33-20)31-8-4-5-18(15-31)25(32)30-11-9-29(10-12-30)22-13-19(26)7-6-17(22)2/h6-7,13-14,16,18H,3-5,8-12,15H2,1-2H3/t18-/m0/s1. The molecule has 3 aromatic rings. The Morgan fingerprint density at radius 2 is 1.94 bits per heavy atom. The van der Waals surface area contributed by atoms with Crippen molar-refractivity contribution in [3.63, 3.8) is 0 Å². The number of amides is 1. The predicted octanol–water partition coefficient (Wildman–Crippen LogP) is 4.78. The summed E-state index contributed by atoms with van der Waals surface area (Å²) in [5.74, 6) is 1.29. The van der Waals surface area contributed by atoms with E-state index in [-0.39, 0.29) is 11.8 Å². The molecule has 1 aromatic carbocycles. The number of thiophene rings is 1. The highest BCUT2D eigenvalue weighted by Crippen LogP contribution is 2.33. The van der Waals surface area contributed by atoms with Crippen LogP contribution in [0, 0.1) is 12.8 Å². The summed E-state index contributed by atoms with van der Waals surface area (Å²) in [6.07, 6.45) is 4.62. The number of piperazine rings is 1. The Bertz CT molecular complexity index is 1160. The Morgan fingerprint density at radius 1 is 1.12 bits per heavy atom. The molecule has 0 N–H and O–H groups in total. The highest BCUT2D eigenvalue weighted by molar-refractivity contribution is 7.18. The molecule has 2 aliphatic heterocycles. The quantitative estimate of drug-likeness (QED) is 0.534. The fraction of sp³-hybridized carbons (Fsp3) is 0.480. The lowest BCUT2D eigenvalue weighted by molar-refractivity contribution is -0.136. The van der Waals surface area contributed by atoms with Gasteiger partial charge in [-0.3, -0.25) is 4.79 Å². The molecule has 0 saturated carbocycles. The van der Waals surface area contributed by atoms with E-state index >= 15 is 0 Å². The van der Waals surface area contributed by atoms with Crippen LogP contribution in [-0.4, -0.2) is 60.0 Å². The fourth-order valence-corrected chi connectivity index (χ4v) is 6.14. The first-order chi connectivity index (χ1) is 16.0. The van der Waals surface area contributed by atoms with Crippen LogP contribution < -0.4 is 9.80 Å². The largest absolute Gasteiger partial charge is 0.368 e. The van der Waals surface area contributed by atoms with E-state index in [1.165, 1.54) is 16.1 Å². The van der Waals surface area contributed by atoms with Crippen molar-refractivity contribution < 1.29 is 4.79 Å². The van der Waals surface area contributed by atoms with E-state index in [1.807, 2.05) is 12.1 Å². The van der Waals surface area contributed by atoms with Gasteiger partial charge in [0.05, 0.1) is 11.3 Å². The highest BCUT2D eigenvalue weighted by Gasteiger charge is 2.32. The molecule has 33 heavy (non-hydrogen) atoms. The fourth-order valence-electron chi connectivity index (χ4n) is 5.04. The minimum atomic E-state index is 0.0208. The average Bonchev–Trinajstić information content (AvgIpc) is 3.29. The van der Waals surface area contributed by atoms with Crippen molar-refractivity contribution in [2.24, 2.45) is 5.92 Å². The number of carbonyl (C=O) groups is 1. The summed E-state index contributed by atoms with van der Waals surface area (Å²) in [5, 5.41) is 1.88. The molecule has 5 rings (SSSR count). The van der Waals surface area contributed by atoms with Crippen molar-refractivity contribution in [1.29, 1.82) is 0 Å². The van der Waals surface area contributed by atoms with Gasteiger partial charge in [0.15, 0.2) is 0 Å². The van der Waals surface area contributed by atoms with Gasteiger partial charge in [0, 0.05) is 54.9 Å². The van der Waals surface area contributed by atoms with E-state index in [1.54, 1.807) is 17.7 Å². The smallest absolute Gasteiger partial charge is 0.227 e. The molecule has 0 radical (unpaired) electrons. The van der Waals surface area contributed by atoms with Crippen LogP contribution >= 0.6 is 22.9 Å². The molecule has 174 valence electrons. The van der Waals surface area contributed by atoms with Crippen LogP contribution in [0.25, 0.3) is 10.2 Å². The van der Waals surface area contributed by atoms with E-state index in [0.29, 0.717) is 0 Å². The van der Waals surface area contributed by atoms with Crippen molar-refractivity contribution in [3.05, 3.63) is 46.1 Å². The number of nitrogens with zero attached hydrogens (tertiary/aromatic N) is 5. The third-order valence-electron chi connectivity index (χ3n) is 6.88. The Morgan fingerprint density at radius 3 is 2.73 bits per heavy atom. The number of piperidine rings is 1. The zero-order valence-corrected chi connectivity index (χ0v) is 20.8. The van der Waals surface area contributed by atoms with Crippen LogP contribution in [0.4, 0.5) is 11.5 Å². The van der Waals surface area contributed by atoms with Crippen molar-refractivity contribution in [1.82, 2.24) is 14.9 Å². The Kier molecular flexibility index (Phi) is 6.43. The number of fused-ring (bicyclic) bond motifs is 1. The van der Waals surface area contributed by atoms with Crippen LogP contribution in [-0.2, 0) is 11.2 Å². The molecule has 2 aliphatic rings. The number of carbonyl (C=O) groups excluding carboxylic acids is 1. The molecular formula is C25H30ClN5OS. The van der Waals surface area contributed by atoms with Crippen molar-refractivity contribution in [3.8, 4) is 0 Å². The molecule has 0 bridgehead atoms. The molecule has 2 saturated heterocycles. The minimum absolute atomic E-state index is 0.0208. The molecule has 0 unspecified atom stereocenters. The Hall–Kier alpha value is -2.38. The van der Waals surface area contributed by atoms with Crippen molar-refractivity contribution >= 4 is 50.6 Å². The van der Waals surface area contributed by atoms with Crippen molar-refractivity contribution in [2.45, 2.75) is 33.1 Å². The first-order valence-corrected chi connectivity index (χ1v) is 13.0. The Labute approximate surface area is 204 Å². The summed E-state index contributed by atoms with van der Waals surface area (Å²) in [6.45, 7) is 9.13. The van der Waals surface area contributed by atoms with Crippen LogP contribution in [0.2, 0.25) is 5.02 Å². The van der Waals surface area contributed by atoms with E-state index < -0.39 is 0 Å². The van der Waals surface area contributed by atoms with Gasteiger partial charge < -0.3 is 14.7 Å². The van der Waals surface area contributed by atoms with Gasteiger partial charge in [0.25, 0.3) is 0 Å². The number of halogens is 1. The average molecular weight is 484 g/mol. The van der Waals surface area contributed by atoms with Crippen LogP contribution in [0.3, 0.4) is 0 Å². The monoisotopic (exact) mass is 483 g/mol. The summed E-state index contributed by atoms with van der Waals surface area (Å²) in [6, 6.07) is 8.24. The number of aromatic nitrogens is 2. The van der Waals surface area contributed by atoms with Gasteiger partial charge >= 0.3 is 0 Å². The summed E-state index contributed by atoms with van der Waals surface area (Å²) in [7, 11) is 0. The normalized spacial score (nSPS) is 19.4. The molecule has 6 nitrogen and oxygen atoms in total. The number of hydrogen-bond acceptors (Lipinski definition) is 6. The van der Waals surface area contributed by atoms with Gasteiger partial charge in [0.2, 0.25) is 5.91 Å². The maximum absolute atomic E-state index is 13.4. The van der Waals surface area contributed by atoms with E-state index in [0.717, 1.165) is 79.6 Å². The second-order valence-corrected chi connectivity index (χ2v) is 10.6. The van der Waals surface area contributed by atoms with Gasteiger partial charge in [-0.1, -0.05) is 24.6 Å². The van der Waals surface area contributed by atoms with Crippen LogP contribution in [0.5, 0.6) is 0 Å². The van der Waals surface area contributed by atoms with Crippen molar-refractivity contribution in [2.75, 3.05) is 49.1 Å².